The average Bonchev–Trinajstić information content (AvgIpc) is 3.12. The second-order valence-corrected chi connectivity index (χ2v) is 12.3. The molecule has 0 saturated carbocycles. The van der Waals surface area contributed by atoms with E-state index in [0.29, 0.717) is 12.8 Å². The number of aliphatic hydroxyl groups is 1. The lowest BCUT2D eigenvalue weighted by Crippen LogP contribution is -2.28. The quantitative estimate of drug-likeness (QED) is 0.0421. The number of carbonyl (C=O) groups excluding carboxylic acids is 2. The van der Waals surface area contributed by atoms with Gasteiger partial charge in [-0.2, -0.15) is 0 Å². The summed E-state index contributed by atoms with van der Waals surface area (Å²) in [6.45, 7) is 3.89. The van der Waals surface area contributed by atoms with Crippen molar-refractivity contribution >= 4 is 11.9 Å². The van der Waals surface area contributed by atoms with Gasteiger partial charge in [-0.1, -0.05) is 142 Å². The Bertz CT molecular complexity index is 1050. The van der Waals surface area contributed by atoms with E-state index in [0.717, 1.165) is 83.5 Å². The fraction of sp³-hybridized carbons (Fsp3) is 0.556. The highest BCUT2D eigenvalue weighted by atomic mass is 16.6. The third-order valence-electron chi connectivity index (χ3n) is 7.55. The summed E-state index contributed by atoms with van der Waals surface area (Å²) in [4.78, 5) is 24.2. The monoisotopic (exact) mass is 691 g/mol. The van der Waals surface area contributed by atoms with Crippen molar-refractivity contribution in [3.63, 3.8) is 0 Å². The van der Waals surface area contributed by atoms with Crippen LogP contribution in [0.15, 0.2) is 109 Å². The number of ether oxygens (including phenoxy) is 2. The number of esters is 2. The molecule has 0 fully saturated rings. The van der Waals surface area contributed by atoms with Gasteiger partial charge in [0, 0.05) is 12.8 Å². The maximum atomic E-state index is 12.1. The fourth-order valence-corrected chi connectivity index (χ4v) is 4.63. The molecule has 5 heteroatoms. The van der Waals surface area contributed by atoms with Crippen LogP contribution in [0.4, 0.5) is 0 Å². The van der Waals surface area contributed by atoms with Crippen LogP contribution in [0.3, 0.4) is 0 Å². The second-order valence-electron chi connectivity index (χ2n) is 12.3. The SMILES string of the molecule is CCC=CCC=CCC=CCC=CCC=CCCCC(=O)O[C@@H](CO)COC(=O)CCCCCC=CCC=CCC=CCC=CCCCCC. The van der Waals surface area contributed by atoms with Crippen LogP contribution in [-0.4, -0.2) is 36.4 Å². The third-order valence-corrected chi connectivity index (χ3v) is 7.55. The van der Waals surface area contributed by atoms with Gasteiger partial charge in [-0.15, -0.1) is 0 Å². The lowest BCUT2D eigenvalue weighted by molar-refractivity contribution is -0.161. The first kappa shape index (κ1) is 46.6. The molecule has 0 aromatic rings. The molecular formula is C45H70O5. The molecule has 50 heavy (non-hydrogen) atoms. The Hall–Kier alpha value is -3.44. The molecule has 0 radical (unpaired) electrons. The van der Waals surface area contributed by atoms with E-state index >= 15 is 0 Å². The van der Waals surface area contributed by atoms with E-state index in [1.54, 1.807) is 0 Å². The van der Waals surface area contributed by atoms with Gasteiger partial charge in [-0.05, 0) is 96.3 Å². The summed E-state index contributed by atoms with van der Waals surface area (Å²) >= 11 is 0. The van der Waals surface area contributed by atoms with Crippen LogP contribution in [0.5, 0.6) is 0 Å². The van der Waals surface area contributed by atoms with Crippen LogP contribution < -0.4 is 0 Å². The van der Waals surface area contributed by atoms with Gasteiger partial charge < -0.3 is 14.6 Å². The van der Waals surface area contributed by atoms with Gasteiger partial charge in [0.1, 0.15) is 6.61 Å². The molecule has 0 unspecified atom stereocenters. The van der Waals surface area contributed by atoms with Crippen LogP contribution in [0, 0.1) is 0 Å². The minimum Gasteiger partial charge on any atom is -0.462 e. The fourth-order valence-electron chi connectivity index (χ4n) is 4.63. The van der Waals surface area contributed by atoms with Crippen LogP contribution in [0.25, 0.3) is 0 Å². The minimum atomic E-state index is -0.822. The summed E-state index contributed by atoms with van der Waals surface area (Å²) in [5.74, 6) is -0.708. The maximum absolute atomic E-state index is 12.1. The Labute approximate surface area is 306 Å². The molecule has 0 aliphatic rings. The molecule has 0 rings (SSSR count). The predicted octanol–water partition coefficient (Wildman–Crippen LogP) is 12.3. The zero-order valence-electron chi connectivity index (χ0n) is 31.6. The highest BCUT2D eigenvalue weighted by Crippen LogP contribution is 2.08. The summed E-state index contributed by atoms with van der Waals surface area (Å²) in [7, 11) is 0. The average molecular weight is 691 g/mol. The number of rotatable bonds is 33. The van der Waals surface area contributed by atoms with Crippen molar-refractivity contribution in [2.75, 3.05) is 13.2 Å². The van der Waals surface area contributed by atoms with Crippen LogP contribution in [-0.2, 0) is 19.1 Å². The molecule has 280 valence electrons. The van der Waals surface area contributed by atoms with Crippen molar-refractivity contribution in [1.29, 1.82) is 0 Å². The number of allylic oxidation sites excluding steroid dienone is 18. The van der Waals surface area contributed by atoms with Gasteiger partial charge in [0.25, 0.3) is 0 Å². The Kier molecular flexibility index (Phi) is 37.2. The van der Waals surface area contributed by atoms with E-state index in [1.165, 1.54) is 25.7 Å². The minimum absolute atomic E-state index is 0.113. The van der Waals surface area contributed by atoms with Gasteiger partial charge in [0.15, 0.2) is 6.10 Å². The van der Waals surface area contributed by atoms with Crippen molar-refractivity contribution in [3.8, 4) is 0 Å². The highest BCUT2D eigenvalue weighted by molar-refractivity contribution is 5.70. The summed E-state index contributed by atoms with van der Waals surface area (Å²) < 4.78 is 10.5. The van der Waals surface area contributed by atoms with E-state index in [4.69, 9.17) is 9.47 Å². The molecule has 0 heterocycles. The van der Waals surface area contributed by atoms with Crippen molar-refractivity contribution < 1.29 is 24.2 Å². The number of hydrogen-bond acceptors (Lipinski definition) is 5. The van der Waals surface area contributed by atoms with Crippen molar-refractivity contribution in [3.05, 3.63) is 109 Å². The molecular weight excluding hydrogens is 620 g/mol. The molecule has 0 bridgehead atoms. The van der Waals surface area contributed by atoms with Crippen molar-refractivity contribution in [2.45, 2.75) is 148 Å². The van der Waals surface area contributed by atoms with Crippen LogP contribution >= 0.6 is 0 Å². The normalized spacial score (nSPS) is 13.4. The first-order valence-electron chi connectivity index (χ1n) is 19.4. The predicted molar refractivity (Wildman–Crippen MR) is 214 cm³/mol. The number of carbonyl (C=O) groups is 2. The molecule has 0 aromatic heterocycles. The lowest BCUT2D eigenvalue weighted by atomic mass is 10.1. The standard InChI is InChI=1S/C45H70O5/c1-3-5-7-9-11-13-15-17-19-21-22-24-25-27-29-31-33-35-37-39-44(47)49-42-43(41-46)50-45(48)40-38-36-34-32-30-28-26-23-20-18-16-14-12-10-8-6-4-2/h6,8,11-14,17-20,22,24,26-29,32,34,43,46H,3-5,7,9-10,15-16,21,23,25,30-31,33,35-42H2,1-2H3/t43-/m0/s1. The van der Waals surface area contributed by atoms with Crippen molar-refractivity contribution in [2.24, 2.45) is 0 Å². The van der Waals surface area contributed by atoms with Crippen molar-refractivity contribution in [1.82, 2.24) is 0 Å². The highest BCUT2D eigenvalue weighted by Gasteiger charge is 2.15. The smallest absolute Gasteiger partial charge is 0.306 e. The molecule has 5 nitrogen and oxygen atoms in total. The summed E-state index contributed by atoms with van der Waals surface area (Å²) in [6.07, 6.45) is 57.2. The Morgan fingerprint density at radius 1 is 0.480 bits per heavy atom. The molecule has 0 aliphatic carbocycles. The first-order valence-corrected chi connectivity index (χ1v) is 19.4. The number of unbranched alkanes of at least 4 members (excludes halogenated alkanes) is 7. The lowest BCUT2D eigenvalue weighted by Gasteiger charge is -2.15. The topological polar surface area (TPSA) is 72.8 Å². The zero-order chi connectivity index (χ0) is 36.4. The van der Waals surface area contributed by atoms with E-state index in [9.17, 15) is 14.7 Å². The van der Waals surface area contributed by atoms with Gasteiger partial charge in [-0.3, -0.25) is 9.59 Å². The zero-order valence-corrected chi connectivity index (χ0v) is 31.6. The van der Waals surface area contributed by atoms with Gasteiger partial charge in [0.05, 0.1) is 6.61 Å². The molecule has 0 aliphatic heterocycles. The molecule has 0 saturated heterocycles. The number of aliphatic hydroxyl groups excluding tert-OH is 1. The first-order chi connectivity index (χ1) is 24.6. The van der Waals surface area contributed by atoms with Gasteiger partial charge in [0.2, 0.25) is 0 Å². The summed E-state index contributed by atoms with van der Waals surface area (Å²) in [5, 5.41) is 9.54. The molecule has 0 amide bonds. The summed E-state index contributed by atoms with van der Waals surface area (Å²) in [5.41, 5.74) is 0. The molecule has 0 aromatic carbocycles. The molecule has 1 atom stereocenters. The van der Waals surface area contributed by atoms with Crippen LogP contribution in [0.2, 0.25) is 0 Å². The van der Waals surface area contributed by atoms with Crippen LogP contribution in [0.1, 0.15) is 142 Å². The molecule has 1 N–H and O–H groups in total. The Balaban J connectivity index is 3.77. The van der Waals surface area contributed by atoms with E-state index < -0.39 is 6.10 Å². The Morgan fingerprint density at radius 3 is 1.32 bits per heavy atom. The van der Waals surface area contributed by atoms with E-state index in [1.807, 2.05) is 0 Å². The largest absolute Gasteiger partial charge is 0.462 e. The third kappa shape index (κ3) is 37.4. The van der Waals surface area contributed by atoms with E-state index in [-0.39, 0.29) is 31.6 Å². The Morgan fingerprint density at radius 2 is 0.880 bits per heavy atom. The van der Waals surface area contributed by atoms with Gasteiger partial charge in [-0.25, -0.2) is 0 Å². The molecule has 0 spiro atoms. The van der Waals surface area contributed by atoms with E-state index in [2.05, 4.69) is 123 Å². The number of hydrogen-bond donors (Lipinski definition) is 1. The second kappa shape index (κ2) is 40.0. The summed E-state index contributed by atoms with van der Waals surface area (Å²) in [6, 6.07) is 0. The maximum Gasteiger partial charge on any atom is 0.306 e. The van der Waals surface area contributed by atoms with Gasteiger partial charge >= 0.3 is 11.9 Å².